The van der Waals surface area contributed by atoms with Gasteiger partial charge >= 0.3 is 0 Å². The van der Waals surface area contributed by atoms with Crippen LogP contribution in [0.25, 0.3) is 56.0 Å². The molecule has 1 saturated heterocycles. The minimum atomic E-state index is 0.617. The number of imidazole rings is 1. The summed E-state index contributed by atoms with van der Waals surface area (Å²) in [6, 6.07) is 9.92. The fourth-order valence-corrected chi connectivity index (χ4v) is 4.97. The maximum Gasteiger partial charge on any atom is 0.161 e. The Kier molecular flexibility index (Phi) is 5.71. The highest BCUT2D eigenvalue weighted by Gasteiger charge is 2.17. The van der Waals surface area contributed by atoms with E-state index < -0.39 is 0 Å². The van der Waals surface area contributed by atoms with E-state index in [1.165, 1.54) is 12.8 Å². The Balaban J connectivity index is 1.20. The van der Waals surface area contributed by atoms with Crippen LogP contribution in [0.4, 0.5) is 0 Å². The molecular formula is C28H25N9O. The second kappa shape index (κ2) is 9.64. The highest BCUT2D eigenvalue weighted by molar-refractivity contribution is 5.96. The number of nitrogens with zero attached hydrogens (tertiary/aromatic N) is 7. The number of rotatable bonds is 7. The molecule has 1 aliphatic rings. The molecule has 10 nitrogen and oxygen atoms in total. The summed E-state index contributed by atoms with van der Waals surface area (Å²) in [5, 5.41) is 8.40. The van der Waals surface area contributed by atoms with Crippen LogP contribution in [-0.4, -0.2) is 71.2 Å². The lowest BCUT2D eigenvalue weighted by Crippen LogP contribution is -2.25. The molecule has 0 aromatic carbocycles. The monoisotopic (exact) mass is 503 g/mol. The lowest BCUT2D eigenvalue weighted by Gasteiger charge is -2.15. The van der Waals surface area contributed by atoms with Crippen LogP contribution >= 0.6 is 0 Å². The molecule has 7 heterocycles. The van der Waals surface area contributed by atoms with Gasteiger partial charge in [-0.15, -0.1) is 0 Å². The zero-order valence-corrected chi connectivity index (χ0v) is 20.6. The minimum Gasteiger partial charge on any atom is -0.491 e. The van der Waals surface area contributed by atoms with E-state index in [2.05, 4.69) is 46.1 Å². The zero-order valence-electron chi connectivity index (χ0n) is 20.6. The molecule has 6 aromatic rings. The van der Waals surface area contributed by atoms with Crippen molar-refractivity contribution >= 4 is 22.2 Å². The van der Waals surface area contributed by atoms with Crippen molar-refractivity contribution in [3.63, 3.8) is 0 Å². The molecule has 188 valence electrons. The molecule has 0 amide bonds. The minimum absolute atomic E-state index is 0.617. The van der Waals surface area contributed by atoms with E-state index in [4.69, 9.17) is 9.72 Å². The van der Waals surface area contributed by atoms with E-state index >= 15 is 0 Å². The topological polar surface area (TPSA) is 121 Å². The van der Waals surface area contributed by atoms with Crippen LogP contribution in [0.2, 0.25) is 0 Å². The Labute approximate surface area is 218 Å². The number of fused-ring (bicyclic) bond motifs is 2. The second-order valence-corrected chi connectivity index (χ2v) is 9.38. The van der Waals surface area contributed by atoms with Crippen molar-refractivity contribution in [2.45, 2.75) is 12.8 Å². The molecule has 0 unspecified atom stereocenters. The van der Waals surface area contributed by atoms with Gasteiger partial charge in [-0.05, 0) is 50.2 Å². The number of ether oxygens (including phenoxy) is 1. The summed E-state index contributed by atoms with van der Waals surface area (Å²) in [6.45, 7) is 3.90. The standard InChI is InChI=1S/C28H25N9O/c1-2-9-37(8-1)10-11-38-21-12-19(15-30-17-21)20-13-23-25(35-36-26(23)32-16-20)28-33-24-22(5-7-31-27(24)34-28)18-4-3-6-29-14-18/h3-7,12-17H,1-2,8-11H2,(H,31,33,34)(H,32,35,36). The lowest BCUT2D eigenvalue weighted by atomic mass is 10.1. The predicted molar refractivity (Wildman–Crippen MR) is 144 cm³/mol. The summed E-state index contributed by atoms with van der Waals surface area (Å²) in [5.74, 6) is 1.37. The average Bonchev–Trinajstić information content (AvgIpc) is 3.73. The quantitative estimate of drug-likeness (QED) is 0.327. The molecular weight excluding hydrogens is 478 g/mol. The molecule has 6 aromatic heterocycles. The number of hydrogen-bond acceptors (Lipinski definition) is 8. The number of aromatic amines is 2. The summed E-state index contributed by atoms with van der Waals surface area (Å²) in [6.07, 6.45) is 13.3. The van der Waals surface area contributed by atoms with Gasteiger partial charge in [0.1, 0.15) is 23.6 Å². The van der Waals surface area contributed by atoms with Crippen LogP contribution < -0.4 is 4.74 Å². The average molecular weight is 504 g/mol. The summed E-state index contributed by atoms with van der Waals surface area (Å²) in [7, 11) is 0. The van der Waals surface area contributed by atoms with Crippen molar-refractivity contribution in [3.05, 3.63) is 67.5 Å². The van der Waals surface area contributed by atoms with Gasteiger partial charge in [-0.1, -0.05) is 6.07 Å². The predicted octanol–water partition coefficient (Wildman–Crippen LogP) is 4.49. The molecule has 0 atom stereocenters. The number of aromatic nitrogens is 8. The van der Waals surface area contributed by atoms with Crippen LogP contribution in [0.5, 0.6) is 5.75 Å². The smallest absolute Gasteiger partial charge is 0.161 e. The third-order valence-electron chi connectivity index (χ3n) is 6.92. The summed E-state index contributed by atoms with van der Waals surface area (Å²) >= 11 is 0. The van der Waals surface area contributed by atoms with E-state index in [-0.39, 0.29) is 0 Å². The first-order valence-electron chi connectivity index (χ1n) is 12.7. The summed E-state index contributed by atoms with van der Waals surface area (Å²) in [4.78, 5) is 28.4. The Morgan fingerprint density at radius 1 is 0.868 bits per heavy atom. The molecule has 0 bridgehead atoms. The fourth-order valence-electron chi connectivity index (χ4n) is 4.97. The SMILES string of the molecule is c1cncc(-c2ccnc3[nH]c(-c4n[nH]c5ncc(-c6cncc(OCCN7CCCC7)c6)cc45)nc23)c1. The van der Waals surface area contributed by atoms with E-state index in [0.29, 0.717) is 29.4 Å². The third kappa shape index (κ3) is 4.24. The maximum absolute atomic E-state index is 6.01. The van der Waals surface area contributed by atoms with Gasteiger partial charge in [-0.2, -0.15) is 5.10 Å². The van der Waals surface area contributed by atoms with Gasteiger partial charge in [0.25, 0.3) is 0 Å². The Morgan fingerprint density at radius 3 is 2.66 bits per heavy atom. The second-order valence-electron chi connectivity index (χ2n) is 9.38. The largest absolute Gasteiger partial charge is 0.491 e. The Bertz CT molecular complexity index is 1720. The zero-order chi connectivity index (χ0) is 25.3. The molecule has 0 saturated carbocycles. The first-order valence-corrected chi connectivity index (χ1v) is 12.7. The van der Waals surface area contributed by atoms with E-state index in [1.54, 1.807) is 18.6 Å². The van der Waals surface area contributed by atoms with Crippen LogP contribution in [0.1, 0.15) is 12.8 Å². The number of pyridine rings is 4. The van der Waals surface area contributed by atoms with Gasteiger partial charge < -0.3 is 9.72 Å². The molecule has 0 radical (unpaired) electrons. The van der Waals surface area contributed by atoms with E-state index in [0.717, 1.165) is 58.5 Å². The first-order chi connectivity index (χ1) is 18.8. The van der Waals surface area contributed by atoms with E-state index in [9.17, 15) is 0 Å². The van der Waals surface area contributed by atoms with Crippen LogP contribution in [0, 0.1) is 0 Å². The molecule has 0 aliphatic carbocycles. The van der Waals surface area contributed by atoms with Crippen molar-refractivity contribution in [2.75, 3.05) is 26.2 Å². The van der Waals surface area contributed by atoms with Crippen LogP contribution in [0.3, 0.4) is 0 Å². The highest BCUT2D eigenvalue weighted by Crippen LogP contribution is 2.32. The van der Waals surface area contributed by atoms with Gasteiger partial charge in [-0.25, -0.2) is 15.0 Å². The molecule has 7 rings (SSSR count). The Morgan fingerprint density at radius 2 is 1.76 bits per heavy atom. The van der Waals surface area contributed by atoms with Crippen molar-refractivity contribution in [2.24, 2.45) is 0 Å². The first kappa shape index (κ1) is 22.5. The third-order valence-corrected chi connectivity index (χ3v) is 6.92. The van der Waals surface area contributed by atoms with Gasteiger partial charge in [0.15, 0.2) is 17.1 Å². The normalized spacial score (nSPS) is 14.0. The maximum atomic E-state index is 6.01. The molecule has 10 heteroatoms. The van der Waals surface area contributed by atoms with Gasteiger partial charge in [0, 0.05) is 59.8 Å². The Hall–Kier alpha value is -4.70. The van der Waals surface area contributed by atoms with Gasteiger partial charge in [0.2, 0.25) is 0 Å². The van der Waals surface area contributed by atoms with Crippen molar-refractivity contribution in [1.29, 1.82) is 0 Å². The van der Waals surface area contributed by atoms with E-state index in [1.807, 2.05) is 42.9 Å². The number of likely N-dealkylation sites (tertiary alicyclic amines) is 1. The molecule has 2 N–H and O–H groups in total. The summed E-state index contributed by atoms with van der Waals surface area (Å²) in [5.41, 5.74) is 6.58. The van der Waals surface area contributed by atoms with Crippen LogP contribution in [-0.2, 0) is 0 Å². The number of hydrogen-bond donors (Lipinski definition) is 2. The van der Waals surface area contributed by atoms with Crippen molar-refractivity contribution in [3.8, 4) is 39.5 Å². The molecule has 1 fully saturated rings. The number of H-pyrrole nitrogens is 2. The fraction of sp³-hybridized carbons (Fsp3) is 0.214. The van der Waals surface area contributed by atoms with Crippen LogP contribution in [0.15, 0.2) is 67.5 Å². The van der Waals surface area contributed by atoms with Crippen molar-refractivity contribution in [1.82, 2.24) is 45.0 Å². The van der Waals surface area contributed by atoms with Gasteiger partial charge in [-0.3, -0.25) is 20.0 Å². The van der Waals surface area contributed by atoms with Gasteiger partial charge in [0.05, 0.1) is 11.6 Å². The molecule has 38 heavy (non-hydrogen) atoms. The molecule has 1 aliphatic heterocycles. The summed E-state index contributed by atoms with van der Waals surface area (Å²) < 4.78 is 6.01. The highest BCUT2D eigenvalue weighted by atomic mass is 16.5. The molecule has 0 spiro atoms. The van der Waals surface area contributed by atoms with Crippen molar-refractivity contribution < 1.29 is 4.74 Å². The lowest BCUT2D eigenvalue weighted by molar-refractivity contribution is 0.237. The number of nitrogens with one attached hydrogen (secondary N) is 2.